The van der Waals surface area contributed by atoms with Crippen LogP contribution in [0.15, 0.2) is 58.3 Å². The molecular formula is C17H17NO3S2. The predicted molar refractivity (Wildman–Crippen MR) is 92.7 cm³/mol. The minimum absolute atomic E-state index is 0.148. The molecule has 1 atom stereocenters. The van der Waals surface area contributed by atoms with Crippen molar-refractivity contribution in [1.82, 2.24) is 0 Å². The van der Waals surface area contributed by atoms with Crippen LogP contribution in [0.5, 0.6) is 0 Å². The number of Topliss-reactive ketones (excluding diaryl/α,β-unsaturated/α-hetero) is 1. The van der Waals surface area contributed by atoms with Crippen molar-refractivity contribution in [3.63, 3.8) is 0 Å². The molecule has 4 nitrogen and oxygen atoms in total. The Kier molecular flexibility index (Phi) is 4.21. The van der Waals surface area contributed by atoms with Gasteiger partial charge in [0, 0.05) is 22.3 Å². The van der Waals surface area contributed by atoms with Crippen LogP contribution in [-0.4, -0.2) is 26.0 Å². The van der Waals surface area contributed by atoms with E-state index in [9.17, 15) is 13.2 Å². The lowest BCUT2D eigenvalue weighted by molar-refractivity contribution is 0.101. The standard InChI is InChI=1S/C17H17NO3S2/c1-12-11-18(16-8-3-4-9-17(16)22-12)23(20,21)15-7-5-6-14(10-15)13(2)19/h3-10,12H,11H2,1-2H3. The summed E-state index contributed by atoms with van der Waals surface area (Å²) in [6.45, 7) is 3.85. The summed E-state index contributed by atoms with van der Waals surface area (Å²) in [6, 6.07) is 13.7. The van der Waals surface area contributed by atoms with Gasteiger partial charge in [0.1, 0.15) is 0 Å². The topological polar surface area (TPSA) is 54.5 Å². The zero-order chi connectivity index (χ0) is 16.6. The lowest BCUT2D eigenvalue weighted by Gasteiger charge is -2.33. The maximum Gasteiger partial charge on any atom is 0.264 e. The summed E-state index contributed by atoms with van der Waals surface area (Å²) in [5.74, 6) is -0.148. The lowest BCUT2D eigenvalue weighted by atomic mass is 10.2. The monoisotopic (exact) mass is 347 g/mol. The van der Waals surface area contributed by atoms with Crippen molar-refractivity contribution in [1.29, 1.82) is 0 Å². The fourth-order valence-electron chi connectivity index (χ4n) is 2.58. The highest BCUT2D eigenvalue weighted by Gasteiger charge is 2.32. The van der Waals surface area contributed by atoms with E-state index in [0.717, 1.165) is 4.90 Å². The normalized spacial score (nSPS) is 17.7. The molecule has 0 bridgehead atoms. The maximum atomic E-state index is 13.1. The van der Waals surface area contributed by atoms with Gasteiger partial charge >= 0.3 is 0 Å². The molecule has 0 aromatic heterocycles. The minimum Gasteiger partial charge on any atom is -0.295 e. The van der Waals surface area contributed by atoms with Crippen LogP contribution in [0.1, 0.15) is 24.2 Å². The van der Waals surface area contributed by atoms with Gasteiger partial charge in [-0.1, -0.05) is 31.2 Å². The molecule has 0 fully saturated rings. The molecule has 1 aliphatic rings. The van der Waals surface area contributed by atoms with Crippen molar-refractivity contribution < 1.29 is 13.2 Å². The highest BCUT2D eigenvalue weighted by molar-refractivity contribution is 8.00. The molecule has 1 unspecified atom stereocenters. The quantitative estimate of drug-likeness (QED) is 0.797. The number of ketones is 1. The molecule has 2 aromatic carbocycles. The lowest BCUT2D eigenvalue weighted by Crippen LogP contribution is -2.38. The van der Waals surface area contributed by atoms with Crippen LogP contribution in [0.4, 0.5) is 5.69 Å². The van der Waals surface area contributed by atoms with E-state index < -0.39 is 10.0 Å². The van der Waals surface area contributed by atoms with E-state index in [1.54, 1.807) is 23.9 Å². The van der Waals surface area contributed by atoms with Gasteiger partial charge in [0.15, 0.2) is 5.78 Å². The predicted octanol–water partition coefficient (Wildman–Crippen LogP) is 3.58. The van der Waals surface area contributed by atoms with Crippen LogP contribution in [0.25, 0.3) is 0 Å². The van der Waals surface area contributed by atoms with E-state index >= 15 is 0 Å². The summed E-state index contributed by atoms with van der Waals surface area (Å²) in [6.07, 6.45) is 0. The van der Waals surface area contributed by atoms with Crippen molar-refractivity contribution in [3.05, 3.63) is 54.1 Å². The minimum atomic E-state index is -3.70. The Morgan fingerprint density at radius 1 is 1.17 bits per heavy atom. The second kappa shape index (κ2) is 6.02. The Morgan fingerprint density at radius 3 is 2.65 bits per heavy atom. The number of para-hydroxylation sites is 1. The van der Waals surface area contributed by atoms with Crippen molar-refractivity contribution in [2.75, 3.05) is 10.8 Å². The van der Waals surface area contributed by atoms with Crippen LogP contribution >= 0.6 is 11.8 Å². The fourth-order valence-corrected chi connectivity index (χ4v) is 5.46. The first-order valence-electron chi connectivity index (χ1n) is 7.29. The Morgan fingerprint density at radius 2 is 1.91 bits per heavy atom. The molecule has 0 saturated heterocycles. The van der Waals surface area contributed by atoms with Gasteiger partial charge in [-0.2, -0.15) is 0 Å². The van der Waals surface area contributed by atoms with Crippen LogP contribution < -0.4 is 4.31 Å². The number of benzene rings is 2. The largest absolute Gasteiger partial charge is 0.295 e. The Bertz CT molecular complexity index is 862. The Hall–Kier alpha value is -1.79. The first-order chi connectivity index (χ1) is 10.9. The second-order valence-corrected chi connectivity index (χ2v) is 8.86. The van der Waals surface area contributed by atoms with Crippen molar-refractivity contribution in [3.8, 4) is 0 Å². The summed E-state index contributed by atoms with van der Waals surface area (Å²) in [5.41, 5.74) is 1.10. The number of thioether (sulfide) groups is 1. The summed E-state index contributed by atoms with van der Waals surface area (Å²) in [4.78, 5) is 12.6. The van der Waals surface area contributed by atoms with Crippen molar-refractivity contribution in [2.45, 2.75) is 28.9 Å². The molecule has 23 heavy (non-hydrogen) atoms. The Balaban J connectivity index is 2.10. The number of hydrogen-bond acceptors (Lipinski definition) is 4. The molecule has 0 N–H and O–H groups in total. The van der Waals surface area contributed by atoms with Crippen LogP contribution in [0, 0.1) is 0 Å². The number of anilines is 1. The van der Waals surface area contributed by atoms with Gasteiger partial charge in [-0.25, -0.2) is 8.42 Å². The summed E-state index contributed by atoms with van der Waals surface area (Å²) in [5, 5.41) is 0.163. The van der Waals surface area contributed by atoms with E-state index in [0.29, 0.717) is 17.8 Å². The third-order valence-electron chi connectivity index (χ3n) is 3.71. The maximum absolute atomic E-state index is 13.1. The van der Waals surface area contributed by atoms with Crippen molar-refractivity contribution >= 4 is 33.3 Å². The molecule has 3 rings (SSSR count). The molecular weight excluding hydrogens is 330 g/mol. The highest BCUT2D eigenvalue weighted by atomic mass is 32.2. The number of carbonyl (C=O) groups excluding carboxylic acids is 1. The first-order valence-corrected chi connectivity index (χ1v) is 9.61. The highest BCUT2D eigenvalue weighted by Crippen LogP contribution is 2.40. The molecule has 120 valence electrons. The number of carbonyl (C=O) groups is 1. The molecule has 0 spiro atoms. The zero-order valence-electron chi connectivity index (χ0n) is 12.9. The van der Waals surface area contributed by atoms with Crippen molar-refractivity contribution in [2.24, 2.45) is 0 Å². The van der Waals surface area contributed by atoms with Gasteiger partial charge in [-0.05, 0) is 31.2 Å². The molecule has 0 radical (unpaired) electrons. The van der Waals surface area contributed by atoms with Crippen LogP contribution in [0.3, 0.4) is 0 Å². The zero-order valence-corrected chi connectivity index (χ0v) is 14.5. The molecule has 2 aromatic rings. The number of sulfonamides is 1. The van der Waals surface area contributed by atoms with E-state index in [1.807, 2.05) is 31.2 Å². The van der Waals surface area contributed by atoms with Crippen LogP contribution in [-0.2, 0) is 10.0 Å². The van der Waals surface area contributed by atoms with Gasteiger partial charge < -0.3 is 0 Å². The Labute approximate surface area is 140 Å². The third-order valence-corrected chi connectivity index (χ3v) is 6.64. The number of rotatable bonds is 3. The van der Waals surface area contributed by atoms with E-state index in [4.69, 9.17) is 0 Å². The second-order valence-electron chi connectivity index (χ2n) is 5.52. The molecule has 1 aliphatic heterocycles. The summed E-state index contributed by atoms with van der Waals surface area (Å²) < 4.78 is 27.6. The van der Waals surface area contributed by atoms with E-state index in [1.165, 1.54) is 23.4 Å². The first kappa shape index (κ1) is 16.1. The third kappa shape index (κ3) is 3.01. The average Bonchev–Trinajstić information content (AvgIpc) is 2.54. The molecule has 6 heteroatoms. The SMILES string of the molecule is CC(=O)c1cccc(S(=O)(=O)N2CC(C)Sc3ccccc32)c1. The molecule has 0 amide bonds. The van der Waals surface area contributed by atoms with Gasteiger partial charge in [-0.15, -0.1) is 11.8 Å². The number of nitrogens with zero attached hydrogens (tertiary/aromatic N) is 1. The smallest absolute Gasteiger partial charge is 0.264 e. The van der Waals surface area contributed by atoms with Gasteiger partial charge in [0.2, 0.25) is 0 Å². The van der Waals surface area contributed by atoms with Gasteiger partial charge in [0.25, 0.3) is 10.0 Å². The van der Waals surface area contributed by atoms with Gasteiger partial charge in [-0.3, -0.25) is 9.10 Å². The molecule has 0 aliphatic carbocycles. The number of fused-ring (bicyclic) bond motifs is 1. The summed E-state index contributed by atoms with van der Waals surface area (Å²) in [7, 11) is -3.70. The van der Waals surface area contributed by atoms with Gasteiger partial charge in [0.05, 0.1) is 10.6 Å². The molecule has 0 saturated carbocycles. The van der Waals surface area contributed by atoms with E-state index in [-0.39, 0.29) is 15.9 Å². The fraction of sp³-hybridized carbons (Fsp3) is 0.235. The summed E-state index contributed by atoms with van der Waals surface area (Å²) >= 11 is 1.67. The van der Waals surface area contributed by atoms with Crippen LogP contribution in [0.2, 0.25) is 0 Å². The molecule has 1 heterocycles. The van der Waals surface area contributed by atoms with E-state index in [2.05, 4.69) is 0 Å². The average molecular weight is 347 g/mol. The number of hydrogen-bond donors (Lipinski definition) is 0.